The van der Waals surface area contributed by atoms with Crippen LogP contribution in [0.25, 0.3) is 10.1 Å². The van der Waals surface area contributed by atoms with Gasteiger partial charge in [-0.15, -0.1) is 11.3 Å². The summed E-state index contributed by atoms with van der Waals surface area (Å²) in [6, 6.07) is 17.0. The van der Waals surface area contributed by atoms with E-state index in [2.05, 4.69) is 5.32 Å². The smallest absolute Gasteiger partial charge is 0.251 e. The van der Waals surface area contributed by atoms with Crippen molar-refractivity contribution >= 4 is 27.3 Å². The van der Waals surface area contributed by atoms with Crippen molar-refractivity contribution in [3.05, 3.63) is 65.0 Å². The lowest BCUT2D eigenvalue weighted by atomic mass is 10.0. The zero-order valence-electron chi connectivity index (χ0n) is 15.2. The summed E-state index contributed by atoms with van der Waals surface area (Å²) in [7, 11) is 0. The number of rotatable bonds is 6. The first-order valence-corrected chi connectivity index (χ1v) is 9.43. The summed E-state index contributed by atoms with van der Waals surface area (Å²) in [6.45, 7) is 5.77. The molecule has 136 valence electrons. The number of hydrogen-bond acceptors (Lipinski definition) is 4. The number of carbonyl (C=O) groups excluding carboxylic acids is 1. The van der Waals surface area contributed by atoms with E-state index in [0.29, 0.717) is 5.56 Å². The number of thiophene rings is 1. The van der Waals surface area contributed by atoms with Gasteiger partial charge in [-0.1, -0.05) is 18.2 Å². The van der Waals surface area contributed by atoms with Crippen LogP contribution >= 0.6 is 11.3 Å². The van der Waals surface area contributed by atoms with Crippen LogP contribution in [0.3, 0.4) is 0 Å². The summed E-state index contributed by atoms with van der Waals surface area (Å²) in [4.78, 5) is 13.2. The molecule has 1 atom stereocenters. The third-order valence-electron chi connectivity index (χ3n) is 4.04. The Kier molecular flexibility index (Phi) is 5.30. The Bertz CT molecular complexity index is 864. The molecule has 0 spiro atoms. The van der Waals surface area contributed by atoms with Gasteiger partial charge < -0.3 is 15.2 Å². The number of nitrogens with one attached hydrogen (secondary N) is 1. The number of carbonyl (C=O) groups is 1. The first-order chi connectivity index (χ1) is 12.3. The standard InChI is InChI=1S/C21H23NO3S/c1-14(2)25-17-10-8-15(9-11-17)20(23)22-13-21(3,24)19-12-16-6-4-5-7-18(16)26-19/h4-12,14,24H,13H2,1-3H3,(H,22,23)/t21-/m0/s1. The molecule has 3 rings (SSSR count). The molecular weight excluding hydrogens is 346 g/mol. The van der Waals surface area contributed by atoms with Gasteiger partial charge in [0.25, 0.3) is 5.91 Å². The van der Waals surface area contributed by atoms with Gasteiger partial charge in [-0.05, 0) is 62.6 Å². The molecule has 3 aromatic rings. The number of aliphatic hydroxyl groups is 1. The maximum Gasteiger partial charge on any atom is 0.251 e. The molecule has 4 nitrogen and oxygen atoms in total. The molecule has 0 aliphatic carbocycles. The maximum absolute atomic E-state index is 12.4. The van der Waals surface area contributed by atoms with Gasteiger partial charge >= 0.3 is 0 Å². The molecule has 0 aliphatic rings. The van der Waals surface area contributed by atoms with Gasteiger partial charge in [-0.25, -0.2) is 0 Å². The van der Waals surface area contributed by atoms with Crippen LogP contribution in [-0.4, -0.2) is 23.7 Å². The summed E-state index contributed by atoms with van der Waals surface area (Å²) >= 11 is 1.54. The van der Waals surface area contributed by atoms with Gasteiger partial charge in [-0.2, -0.15) is 0 Å². The minimum atomic E-state index is -1.12. The molecule has 2 N–H and O–H groups in total. The molecule has 1 aromatic heterocycles. The molecule has 0 saturated carbocycles. The van der Waals surface area contributed by atoms with E-state index in [4.69, 9.17) is 4.74 Å². The van der Waals surface area contributed by atoms with Gasteiger partial charge in [0.15, 0.2) is 0 Å². The SMILES string of the molecule is CC(C)Oc1ccc(C(=O)NC[C@](C)(O)c2cc3ccccc3s2)cc1. The van der Waals surface area contributed by atoms with E-state index in [9.17, 15) is 9.90 Å². The number of ether oxygens (including phenoxy) is 1. The fourth-order valence-corrected chi connectivity index (χ4v) is 3.75. The summed E-state index contributed by atoms with van der Waals surface area (Å²) in [5.41, 5.74) is -0.590. The van der Waals surface area contributed by atoms with Gasteiger partial charge in [0, 0.05) is 15.1 Å². The van der Waals surface area contributed by atoms with Crippen LogP contribution in [0.4, 0.5) is 0 Å². The zero-order valence-corrected chi connectivity index (χ0v) is 16.0. The van der Waals surface area contributed by atoms with Crippen molar-refractivity contribution in [3.8, 4) is 5.75 Å². The highest BCUT2D eigenvalue weighted by atomic mass is 32.1. The number of benzene rings is 2. The van der Waals surface area contributed by atoms with Crippen LogP contribution in [0.15, 0.2) is 54.6 Å². The third kappa shape index (κ3) is 4.23. The van der Waals surface area contributed by atoms with Crippen molar-refractivity contribution < 1.29 is 14.6 Å². The second-order valence-electron chi connectivity index (χ2n) is 6.80. The molecule has 1 amide bonds. The molecule has 0 saturated heterocycles. The highest BCUT2D eigenvalue weighted by Crippen LogP contribution is 2.32. The van der Waals surface area contributed by atoms with Crippen molar-refractivity contribution in [1.29, 1.82) is 0 Å². The first kappa shape index (κ1) is 18.4. The Morgan fingerprint density at radius 2 is 1.88 bits per heavy atom. The highest BCUT2D eigenvalue weighted by molar-refractivity contribution is 7.19. The van der Waals surface area contributed by atoms with Crippen LogP contribution in [0.2, 0.25) is 0 Å². The van der Waals surface area contributed by atoms with Gasteiger partial charge in [-0.3, -0.25) is 4.79 Å². The van der Waals surface area contributed by atoms with Crippen molar-refractivity contribution in [2.45, 2.75) is 32.5 Å². The lowest BCUT2D eigenvalue weighted by molar-refractivity contribution is 0.0557. The summed E-state index contributed by atoms with van der Waals surface area (Å²) in [5, 5.41) is 14.7. The quantitative estimate of drug-likeness (QED) is 0.680. The molecule has 1 heterocycles. The molecule has 0 radical (unpaired) electrons. The monoisotopic (exact) mass is 369 g/mol. The molecule has 5 heteroatoms. The van der Waals surface area contributed by atoms with Gasteiger partial charge in [0.2, 0.25) is 0 Å². The van der Waals surface area contributed by atoms with Crippen LogP contribution in [0.5, 0.6) is 5.75 Å². The Hall–Kier alpha value is -2.37. The van der Waals surface area contributed by atoms with E-state index in [0.717, 1.165) is 20.7 Å². The molecule has 26 heavy (non-hydrogen) atoms. The predicted octanol–water partition coefficient (Wildman–Crippen LogP) is 4.33. The normalized spacial score (nSPS) is 13.6. The van der Waals surface area contributed by atoms with Gasteiger partial charge in [0.1, 0.15) is 11.4 Å². The second-order valence-corrected chi connectivity index (χ2v) is 7.88. The average Bonchev–Trinajstić information content (AvgIpc) is 3.05. The Balaban J connectivity index is 1.65. The molecule has 0 aliphatic heterocycles. The molecule has 0 fully saturated rings. The Morgan fingerprint density at radius 3 is 2.54 bits per heavy atom. The summed E-state index contributed by atoms with van der Waals surface area (Å²) < 4.78 is 6.70. The van der Waals surface area contributed by atoms with Crippen molar-refractivity contribution in [2.75, 3.05) is 6.54 Å². The molecule has 0 unspecified atom stereocenters. The van der Waals surface area contributed by atoms with Crippen LogP contribution < -0.4 is 10.1 Å². The van der Waals surface area contributed by atoms with E-state index in [-0.39, 0.29) is 18.6 Å². The lowest BCUT2D eigenvalue weighted by Gasteiger charge is -2.22. The van der Waals surface area contributed by atoms with Crippen molar-refractivity contribution in [3.63, 3.8) is 0 Å². The largest absolute Gasteiger partial charge is 0.491 e. The van der Waals surface area contributed by atoms with Gasteiger partial charge in [0.05, 0.1) is 12.6 Å². The second kappa shape index (κ2) is 7.48. The highest BCUT2D eigenvalue weighted by Gasteiger charge is 2.26. The first-order valence-electron chi connectivity index (χ1n) is 8.61. The number of fused-ring (bicyclic) bond motifs is 1. The van der Waals surface area contributed by atoms with E-state index in [1.165, 1.54) is 0 Å². The topological polar surface area (TPSA) is 58.6 Å². The third-order valence-corrected chi connectivity index (χ3v) is 5.41. The maximum atomic E-state index is 12.4. The molecule has 2 aromatic carbocycles. The summed E-state index contributed by atoms with van der Waals surface area (Å²) in [6.07, 6.45) is 0.0890. The lowest BCUT2D eigenvalue weighted by Crippen LogP contribution is -2.38. The number of hydrogen-bond donors (Lipinski definition) is 2. The fourth-order valence-electron chi connectivity index (χ4n) is 2.65. The minimum absolute atomic E-state index is 0.0890. The predicted molar refractivity (Wildman–Crippen MR) is 106 cm³/mol. The Morgan fingerprint density at radius 1 is 1.19 bits per heavy atom. The van der Waals surface area contributed by atoms with Crippen LogP contribution in [-0.2, 0) is 5.60 Å². The Labute approximate surface area is 157 Å². The number of amides is 1. The van der Waals surface area contributed by atoms with Crippen molar-refractivity contribution in [1.82, 2.24) is 5.32 Å². The van der Waals surface area contributed by atoms with E-state index >= 15 is 0 Å². The fraction of sp³-hybridized carbons (Fsp3) is 0.286. The van der Waals surface area contributed by atoms with E-state index < -0.39 is 5.60 Å². The molecule has 0 bridgehead atoms. The van der Waals surface area contributed by atoms with E-state index in [1.807, 2.05) is 44.2 Å². The average molecular weight is 369 g/mol. The summed E-state index contributed by atoms with van der Waals surface area (Å²) in [5.74, 6) is 0.510. The van der Waals surface area contributed by atoms with E-state index in [1.54, 1.807) is 42.5 Å². The minimum Gasteiger partial charge on any atom is -0.491 e. The molecular formula is C21H23NO3S. The van der Waals surface area contributed by atoms with Crippen molar-refractivity contribution in [2.24, 2.45) is 0 Å². The van der Waals surface area contributed by atoms with Crippen LogP contribution in [0.1, 0.15) is 36.0 Å². The zero-order chi connectivity index (χ0) is 18.7. The van der Waals surface area contributed by atoms with Crippen LogP contribution in [0, 0.1) is 0 Å².